The van der Waals surface area contributed by atoms with Crippen molar-refractivity contribution in [3.05, 3.63) is 29.0 Å². The maximum Gasteiger partial charge on any atom is 0.226 e. The molecule has 6 heteroatoms. The summed E-state index contributed by atoms with van der Waals surface area (Å²) in [5.41, 5.74) is 0.783. The van der Waals surface area contributed by atoms with Crippen molar-refractivity contribution >= 4 is 17.2 Å². The zero-order valence-corrected chi connectivity index (χ0v) is 15.9. The maximum absolute atomic E-state index is 12.1. The third-order valence-corrected chi connectivity index (χ3v) is 4.77. The summed E-state index contributed by atoms with van der Waals surface area (Å²) in [6, 6.07) is 4.77. The Kier molecular flexibility index (Phi) is 6.57. The van der Waals surface area contributed by atoms with Crippen molar-refractivity contribution in [2.24, 2.45) is 0 Å². The third-order valence-electron chi connectivity index (χ3n) is 3.86. The molecule has 0 aliphatic rings. The Bertz CT molecular complexity index is 653. The van der Waals surface area contributed by atoms with E-state index in [1.54, 1.807) is 0 Å². The number of furan rings is 1. The largest absolute Gasteiger partial charge is 0.459 e. The summed E-state index contributed by atoms with van der Waals surface area (Å²) >= 11 is 1.50. The summed E-state index contributed by atoms with van der Waals surface area (Å²) in [7, 11) is 0. The molecule has 2 aromatic rings. The number of nitrogens with one attached hydrogen (secondary N) is 1. The minimum absolute atomic E-state index is 0.00920. The topological polar surface area (TPSA) is 58.4 Å². The first kappa shape index (κ1) is 18.7. The molecule has 0 saturated heterocycles. The summed E-state index contributed by atoms with van der Waals surface area (Å²) in [6.45, 7) is 12.1. The zero-order valence-electron chi connectivity index (χ0n) is 15.1. The van der Waals surface area contributed by atoms with Crippen molar-refractivity contribution in [3.63, 3.8) is 0 Å². The lowest BCUT2D eigenvalue weighted by atomic mass is 10.2. The first-order valence-electron chi connectivity index (χ1n) is 8.40. The van der Waals surface area contributed by atoms with E-state index in [1.165, 1.54) is 11.3 Å². The Labute approximate surface area is 148 Å². The highest BCUT2D eigenvalue weighted by Crippen LogP contribution is 2.25. The van der Waals surface area contributed by atoms with Crippen LogP contribution >= 0.6 is 11.3 Å². The second kappa shape index (κ2) is 8.44. The van der Waals surface area contributed by atoms with Crippen LogP contribution in [0.15, 0.2) is 21.9 Å². The molecule has 0 spiro atoms. The normalized spacial score (nSPS) is 11.7. The molecule has 5 nitrogen and oxygen atoms in total. The number of carbonyl (C=O) groups is 1. The van der Waals surface area contributed by atoms with Crippen molar-refractivity contribution in [1.82, 2.24) is 15.2 Å². The molecule has 132 valence electrons. The molecule has 0 aromatic carbocycles. The fourth-order valence-electron chi connectivity index (χ4n) is 2.71. The number of rotatable bonds is 8. The van der Waals surface area contributed by atoms with Gasteiger partial charge in [-0.25, -0.2) is 4.98 Å². The highest BCUT2D eigenvalue weighted by molar-refractivity contribution is 7.13. The van der Waals surface area contributed by atoms with Crippen LogP contribution < -0.4 is 5.32 Å². The molecule has 0 saturated carbocycles. The van der Waals surface area contributed by atoms with E-state index in [2.05, 4.69) is 42.9 Å². The van der Waals surface area contributed by atoms with E-state index in [0.717, 1.165) is 28.8 Å². The number of amides is 1. The van der Waals surface area contributed by atoms with Crippen LogP contribution in [0, 0.1) is 6.92 Å². The molecular weight excluding hydrogens is 322 g/mol. The lowest BCUT2D eigenvalue weighted by Crippen LogP contribution is -2.42. The second-order valence-corrected chi connectivity index (χ2v) is 7.36. The lowest BCUT2D eigenvalue weighted by Gasteiger charge is -2.30. The molecule has 0 radical (unpaired) electrons. The highest BCUT2D eigenvalue weighted by Gasteiger charge is 2.14. The Morgan fingerprint density at radius 1 is 1.29 bits per heavy atom. The van der Waals surface area contributed by atoms with Gasteiger partial charge >= 0.3 is 0 Å². The fourth-order valence-corrected chi connectivity index (χ4v) is 3.49. The number of thiazole rings is 1. The first-order valence-corrected chi connectivity index (χ1v) is 9.28. The molecule has 2 aromatic heterocycles. The summed E-state index contributed by atoms with van der Waals surface area (Å²) in [5.74, 6) is 1.63. The molecule has 24 heavy (non-hydrogen) atoms. The summed E-state index contributed by atoms with van der Waals surface area (Å²) in [5, 5.41) is 5.72. The smallest absolute Gasteiger partial charge is 0.226 e. The summed E-state index contributed by atoms with van der Waals surface area (Å²) < 4.78 is 5.57. The number of carbonyl (C=O) groups excluding carboxylic acids is 1. The Balaban J connectivity index is 1.81. The number of hydrogen-bond acceptors (Lipinski definition) is 5. The summed E-state index contributed by atoms with van der Waals surface area (Å²) in [4.78, 5) is 18.9. The van der Waals surface area contributed by atoms with Crippen molar-refractivity contribution in [1.29, 1.82) is 0 Å². The van der Waals surface area contributed by atoms with Crippen LogP contribution in [0.5, 0.6) is 0 Å². The molecular formula is C18H27N3O2S. The minimum atomic E-state index is 0.00920. The van der Waals surface area contributed by atoms with E-state index in [4.69, 9.17) is 4.42 Å². The molecule has 0 atom stereocenters. The van der Waals surface area contributed by atoms with E-state index in [-0.39, 0.29) is 5.91 Å². The Morgan fingerprint density at radius 3 is 2.58 bits per heavy atom. The molecule has 1 N–H and O–H groups in total. The van der Waals surface area contributed by atoms with Crippen LogP contribution in [0.3, 0.4) is 0 Å². The van der Waals surface area contributed by atoms with Crippen LogP contribution in [0.4, 0.5) is 0 Å². The number of aryl methyl sites for hydroxylation is 1. The Morgan fingerprint density at radius 2 is 2.00 bits per heavy atom. The van der Waals surface area contributed by atoms with Gasteiger partial charge in [-0.3, -0.25) is 9.69 Å². The van der Waals surface area contributed by atoms with Crippen molar-refractivity contribution in [2.45, 2.75) is 53.1 Å². The number of hydrogen-bond donors (Lipinski definition) is 1. The van der Waals surface area contributed by atoms with E-state index in [9.17, 15) is 4.79 Å². The van der Waals surface area contributed by atoms with Crippen molar-refractivity contribution in [2.75, 3.05) is 13.1 Å². The quantitative estimate of drug-likeness (QED) is 0.792. The molecule has 2 rings (SSSR count). The van der Waals surface area contributed by atoms with Crippen LogP contribution in [-0.4, -0.2) is 41.0 Å². The average Bonchev–Trinajstić information content (AvgIpc) is 3.11. The zero-order chi connectivity index (χ0) is 17.7. The SMILES string of the molecule is Cc1ccc(-c2nc(CC(=O)NCCN(C(C)C)C(C)C)cs2)o1. The second-order valence-electron chi connectivity index (χ2n) is 6.51. The first-order chi connectivity index (χ1) is 11.4. The van der Waals surface area contributed by atoms with Crippen molar-refractivity contribution in [3.8, 4) is 10.8 Å². The minimum Gasteiger partial charge on any atom is -0.459 e. The molecule has 2 heterocycles. The van der Waals surface area contributed by atoms with Gasteiger partial charge in [-0.2, -0.15) is 0 Å². The van der Waals surface area contributed by atoms with Gasteiger partial charge in [0.1, 0.15) is 5.76 Å². The van der Waals surface area contributed by atoms with Crippen LogP contribution in [0.2, 0.25) is 0 Å². The van der Waals surface area contributed by atoms with E-state index in [1.807, 2.05) is 24.4 Å². The number of aromatic nitrogens is 1. The monoisotopic (exact) mass is 349 g/mol. The lowest BCUT2D eigenvalue weighted by molar-refractivity contribution is -0.120. The van der Waals surface area contributed by atoms with Gasteiger partial charge in [0, 0.05) is 30.6 Å². The van der Waals surface area contributed by atoms with Gasteiger partial charge < -0.3 is 9.73 Å². The fraction of sp³-hybridized carbons (Fsp3) is 0.556. The van der Waals surface area contributed by atoms with Crippen molar-refractivity contribution < 1.29 is 9.21 Å². The molecule has 0 bridgehead atoms. The maximum atomic E-state index is 12.1. The predicted molar refractivity (Wildman–Crippen MR) is 98.2 cm³/mol. The van der Waals surface area contributed by atoms with E-state index in [0.29, 0.717) is 25.0 Å². The van der Waals surface area contributed by atoms with Crippen LogP contribution in [-0.2, 0) is 11.2 Å². The van der Waals surface area contributed by atoms with Gasteiger partial charge in [-0.1, -0.05) is 0 Å². The average molecular weight is 350 g/mol. The van der Waals surface area contributed by atoms with E-state index < -0.39 is 0 Å². The molecule has 0 unspecified atom stereocenters. The van der Waals surface area contributed by atoms with Gasteiger partial charge in [0.05, 0.1) is 12.1 Å². The molecule has 0 aliphatic heterocycles. The Hall–Kier alpha value is -1.66. The summed E-state index contributed by atoms with van der Waals surface area (Å²) in [6.07, 6.45) is 0.305. The molecule has 1 amide bonds. The predicted octanol–water partition coefficient (Wildman–Crippen LogP) is 3.49. The van der Waals surface area contributed by atoms with Crippen LogP contribution in [0.1, 0.15) is 39.1 Å². The highest BCUT2D eigenvalue weighted by atomic mass is 32.1. The van der Waals surface area contributed by atoms with Gasteiger partial charge in [0.2, 0.25) is 5.91 Å². The van der Waals surface area contributed by atoms with Gasteiger partial charge in [0.15, 0.2) is 10.8 Å². The van der Waals surface area contributed by atoms with Gasteiger partial charge in [-0.05, 0) is 46.8 Å². The van der Waals surface area contributed by atoms with Crippen LogP contribution in [0.25, 0.3) is 10.8 Å². The third kappa shape index (κ3) is 5.18. The van der Waals surface area contributed by atoms with Gasteiger partial charge in [0.25, 0.3) is 0 Å². The standard InChI is InChI=1S/C18H27N3O2S/c1-12(2)21(13(3)4)9-8-19-17(22)10-15-11-24-18(20-15)16-7-6-14(5)23-16/h6-7,11-13H,8-10H2,1-5H3,(H,19,22). The number of nitrogens with zero attached hydrogens (tertiary/aromatic N) is 2. The molecule has 0 aliphatic carbocycles. The van der Waals surface area contributed by atoms with Gasteiger partial charge in [-0.15, -0.1) is 11.3 Å². The molecule has 0 fully saturated rings. The van der Waals surface area contributed by atoms with E-state index >= 15 is 0 Å².